The first kappa shape index (κ1) is 7.96. The molecule has 0 aromatic heterocycles. The molecule has 0 aliphatic rings. The van der Waals surface area contributed by atoms with Gasteiger partial charge in [-0.1, -0.05) is 30.3 Å². The molecule has 1 aromatic carbocycles. The van der Waals surface area contributed by atoms with Crippen LogP contribution in [0, 0.1) is 0 Å². The average molecular weight is 173 g/mol. The average Bonchev–Trinajstić information content (AvgIpc) is 2.03. The Balaban J connectivity index is 2.43. The molecule has 0 spiro atoms. The number of thioether (sulfide) groups is 1. The molecule has 54 valence electrons. The van der Waals surface area contributed by atoms with Gasteiger partial charge < -0.3 is 0 Å². The van der Waals surface area contributed by atoms with Crippen LogP contribution in [0.1, 0.15) is 5.56 Å². The largest absolute Gasteiger partial charge is 0.141 e. The number of benzene rings is 1. The fourth-order valence-electron chi connectivity index (χ4n) is 0.731. The summed E-state index contributed by atoms with van der Waals surface area (Å²) in [5, 5.41) is 0.675. The number of hydrogen-bond acceptors (Lipinski definition) is 1. The molecular weight excluding hydrogens is 164 g/mol. The van der Waals surface area contributed by atoms with E-state index in [1.54, 1.807) is 11.8 Å². The molecule has 1 aromatic rings. The molecule has 0 aliphatic carbocycles. The van der Waals surface area contributed by atoms with Gasteiger partial charge in [-0.3, -0.25) is 0 Å². The van der Waals surface area contributed by atoms with Crippen LogP contribution in [-0.4, -0.2) is 5.21 Å². The van der Waals surface area contributed by atoms with Crippen LogP contribution in [-0.2, 0) is 5.75 Å². The molecule has 0 saturated carbocycles. The molecule has 0 radical (unpaired) electrons. The van der Waals surface area contributed by atoms with Gasteiger partial charge >= 0.3 is 0 Å². The van der Waals surface area contributed by atoms with Crippen LogP contribution in [0.2, 0.25) is 0 Å². The molecule has 1 rings (SSSR count). The molecule has 0 unspecified atom stereocenters. The van der Waals surface area contributed by atoms with Crippen LogP contribution in [0.3, 0.4) is 0 Å². The summed E-state index contributed by atoms with van der Waals surface area (Å²) in [5.41, 5.74) is 1.34. The first-order valence-electron chi connectivity index (χ1n) is 3.11. The Morgan fingerprint density at radius 2 is 1.90 bits per heavy atom. The summed E-state index contributed by atoms with van der Waals surface area (Å²) in [6.07, 6.45) is 0. The molecule has 0 amide bonds. The van der Waals surface area contributed by atoms with E-state index < -0.39 is 0 Å². The van der Waals surface area contributed by atoms with E-state index in [1.807, 2.05) is 18.2 Å². The van der Waals surface area contributed by atoms with Crippen molar-refractivity contribution in [2.24, 2.45) is 0 Å². The number of halogens is 1. The number of alkyl halides is 1. The molecule has 2 heteroatoms. The Bertz CT molecular complexity index is 174. The normalized spacial score (nSPS) is 9.70. The van der Waals surface area contributed by atoms with E-state index in [0.29, 0.717) is 5.21 Å². The summed E-state index contributed by atoms with van der Waals surface area (Å²) in [4.78, 5) is 0. The van der Waals surface area contributed by atoms with E-state index in [2.05, 4.69) is 12.1 Å². The summed E-state index contributed by atoms with van der Waals surface area (Å²) in [5.74, 6) is 1.02. The zero-order chi connectivity index (χ0) is 7.23. The van der Waals surface area contributed by atoms with Gasteiger partial charge in [0, 0.05) is 5.75 Å². The van der Waals surface area contributed by atoms with Crippen molar-refractivity contribution < 1.29 is 0 Å². The van der Waals surface area contributed by atoms with E-state index in [1.165, 1.54) is 5.56 Å². The maximum atomic E-state index is 5.51. The van der Waals surface area contributed by atoms with Crippen molar-refractivity contribution in [3.63, 3.8) is 0 Å². The smallest absolute Gasteiger partial charge is 0.0683 e. The highest BCUT2D eigenvalue weighted by Gasteiger charge is 1.88. The lowest BCUT2D eigenvalue weighted by atomic mass is 10.2. The van der Waals surface area contributed by atoms with E-state index in [9.17, 15) is 0 Å². The van der Waals surface area contributed by atoms with Crippen molar-refractivity contribution in [2.75, 3.05) is 5.21 Å². The fourth-order valence-corrected chi connectivity index (χ4v) is 1.47. The van der Waals surface area contributed by atoms with Crippen molar-refractivity contribution in [3.05, 3.63) is 35.9 Å². The Morgan fingerprint density at radius 1 is 1.20 bits per heavy atom. The summed E-state index contributed by atoms with van der Waals surface area (Å²) in [6, 6.07) is 10.3. The summed E-state index contributed by atoms with van der Waals surface area (Å²) >= 11 is 7.24. The predicted octanol–water partition coefficient (Wildman–Crippen LogP) is 3.12. The maximum Gasteiger partial charge on any atom is 0.0683 e. The topological polar surface area (TPSA) is 0 Å². The van der Waals surface area contributed by atoms with Crippen LogP contribution in [0.5, 0.6) is 0 Å². The van der Waals surface area contributed by atoms with E-state index in [0.717, 1.165) is 5.75 Å². The quantitative estimate of drug-likeness (QED) is 0.632. The minimum atomic E-state index is 0.675. The molecule has 0 heterocycles. The Hall–Kier alpha value is -0.140. The second kappa shape index (κ2) is 4.64. The molecule has 0 N–H and O–H groups in total. The van der Waals surface area contributed by atoms with E-state index in [4.69, 9.17) is 11.6 Å². The van der Waals surface area contributed by atoms with Crippen molar-refractivity contribution in [2.45, 2.75) is 5.75 Å². The second-order valence-corrected chi connectivity index (χ2v) is 3.51. The van der Waals surface area contributed by atoms with Gasteiger partial charge in [0.15, 0.2) is 0 Å². The van der Waals surface area contributed by atoms with Gasteiger partial charge in [-0.15, -0.1) is 23.4 Å². The highest BCUT2D eigenvalue weighted by molar-refractivity contribution is 7.99. The lowest BCUT2D eigenvalue weighted by Crippen LogP contribution is -1.76. The fraction of sp³-hybridized carbons (Fsp3) is 0.250. The van der Waals surface area contributed by atoms with Crippen molar-refractivity contribution in [1.29, 1.82) is 0 Å². The minimum absolute atomic E-state index is 0.675. The van der Waals surface area contributed by atoms with Crippen molar-refractivity contribution >= 4 is 23.4 Å². The molecule has 0 atom stereocenters. The third-order valence-electron chi connectivity index (χ3n) is 1.19. The Labute approximate surface area is 70.6 Å². The molecule has 0 saturated heterocycles. The third-order valence-corrected chi connectivity index (χ3v) is 2.34. The zero-order valence-electron chi connectivity index (χ0n) is 5.59. The molecular formula is C8H9ClS. The Kier molecular flexibility index (Phi) is 3.69. The van der Waals surface area contributed by atoms with Crippen LogP contribution in [0.15, 0.2) is 30.3 Å². The van der Waals surface area contributed by atoms with E-state index in [-0.39, 0.29) is 0 Å². The van der Waals surface area contributed by atoms with E-state index >= 15 is 0 Å². The number of hydrogen-bond donors (Lipinski definition) is 0. The van der Waals surface area contributed by atoms with Crippen molar-refractivity contribution in [1.82, 2.24) is 0 Å². The predicted molar refractivity (Wildman–Crippen MR) is 48.5 cm³/mol. The third kappa shape index (κ3) is 2.63. The van der Waals surface area contributed by atoms with Gasteiger partial charge in [0.2, 0.25) is 0 Å². The molecule has 0 bridgehead atoms. The SMILES string of the molecule is ClCSCc1ccccc1. The lowest BCUT2D eigenvalue weighted by molar-refractivity contribution is 1.42. The first-order chi connectivity index (χ1) is 4.93. The minimum Gasteiger partial charge on any atom is -0.141 e. The maximum absolute atomic E-state index is 5.51. The molecule has 10 heavy (non-hydrogen) atoms. The van der Waals surface area contributed by atoms with Crippen LogP contribution >= 0.6 is 23.4 Å². The summed E-state index contributed by atoms with van der Waals surface area (Å²) < 4.78 is 0. The molecule has 0 fully saturated rings. The van der Waals surface area contributed by atoms with Gasteiger partial charge in [0.05, 0.1) is 5.21 Å². The highest BCUT2D eigenvalue weighted by Crippen LogP contribution is 2.11. The van der Waals surface area contributed by atoms with Crippen molar-refractivity contribution in [3.8, 4) is 0 Å². The zero-order valence-corrected chi connectivity index (χ0v) is 7.16. The highest BCUT2D eigenvalue weighted by atomic mass is 35.5. The number of rotatable bonds is 3. The van der Waals surface area contributed by atoms with Gasteiger partial charge in [0.1, 0.15) is 0 Å². The second-order valence-electron chi connectivity index (χ2n) is 1.94. The lowest BCUT2D eigenvalue weighted by Gasteiger charge is -1.95. The van der Waals surface area contributed by atoms with Gasteiger partial charge in [-0.2, -0.15) is 0 Å². The van der Waals surface area contributed by atoms with Crippen LogP contribution < -0.4 is 0 Å². The molecule has 0 aliphatic heterocycles. The van der Waals surface area contributed by atoms with Gasteiger partial charge in [-0.25, -0.2) is 0 Å². The van der Waals surface area contributed by atoms with Crippen LogP contribution in [0.4, 0.5) is 0 Å². The van der Waals surface area contributed by atoms with Gasteiger partial charge in [-0.05, 0) is 5.56 Å². The monoisotopic (exact) mass is 172 g/mol. The first-order valence-corrected chi connectivity index (χ1v) is 4.80. The Morgan fingerprint density at radius 3 is 2.50 bits per heavy atom. The standard InChI is InChI=1S/C8H9ClS/c9-7-10-6-8-4-2-1-3-5-8/h1-5H,6-7H2. The molecule has 0 nitrogen and oxygen atoms in total. The van der Waals surface area contributed by atoms with Gasteiger partial charge in [0.25, 0.3) is 0 Å². The summed E-state index contributed by atoms with van der Waals surface area (Å²) in [7, 11) is 0. The summed E-state index contributed by atoms with van der Waals surface area (Å²) in [6.45, 7) is 0. The van der Waals surface area contributed by atoms with Crippen LogP contribution in [0.25, 0.3) is 0 Å².